The van der Waals surface area contributed by atoms with Crippen molar-refractivity contribution >= 4 is 27.5 Å². The second kappa shape index (κ2) is 9.74. The van der Waals surface area contributed by atoms with Gasteiger partial charge in [-0.25, -0.2) is 12.8 Å². The Bertz CT molecular complexity index is 1070. The van der Waals surface area contributed by atoms with Gasteiger partial charge in [-0.2, -0.15) is 17.5 Å². The zero-order valence-electron chi connectivity index (χ0n) is 16.7. The molecular formula is C20H20ClF4N3O3S. The van der Waals surface area contributed by atoms with E-state index in [0.29, 0.717) is 6.07 Å². The molecule has 6 nitrogen and oxygen atoms in total. The van der Waals surface area contributed by atoms with E-state index in [1.165, 1.54) is 12.1 Å². The molecule has 0 unspecified atom stereocenters. The third-order valence-electron chi connectivity index (χ3n) is 4.98. The number of hydrogen-bond donors (Lipinski definition) is 1. The first kappa shape index (κ1) is 24.4. The van der Waals surface area contributed by atoms with E-state index < -0.39 is 31.7 Å². The number of amides is 1. The Morgan fingerprint density at radius 3 is 2.25 bits per heavy atom. The zero-order chi connectivity index (χ0) is 23.5. The fourth-order valence-electron chi connectivity index (χ4n) is 3.22. The van der Waals surface area contributed by atoms with E-state index in [1.54, 1.807) is 17.0 Å². The number of rotatable bonds is 6. The highest BCUT2D eigenvalue weighted by Gasteiger charge is 2.36. The predicted molar refractivity (Wildman–Crippen MR) is 110 cm³/mol. The molecule has 32 heavy (non-hydrogen) atoms. The number of carbonyl (C=O) groups excluding carboxylic acids is 1. The number of nitrogens with one attached hydrogen (secondary N) is 1. The lowest BCUT2D eigenvalue weighted by atomic mass is 10.2. The monoisotopic (exact) mass is 493 g/mol. The van der Waals surface area contributed by atoms with E-state index in [1.807, 2.05) is 0 Å². The Labute approximate surface area is 187 Å². The van der Waals surface area contributed by atoms with Crippen LogP contribution in [0.1, 0.15) is 11.1 Å². The smallest absolute Gasteiger partial charge is 0.351 e. The van der Waals surface area contributed by atoms with Crippen molar-refractivity contribution in [2.45, 2.75) is 17.6 Å². The first-order valence-electron chi connectivity index (χ1n) is 9.57. The molecule has 1 amide bonds. The second-order valence-electron chi connectivity index (χ2n) is 7.22. The van der Waals surface area contributed by atoms with Crippen molar-refractivity contribution in [2.24, 2.45) is 0 Å². The van der Waals surface area contributed by atoms with Crippen LogP contribution in [0, 0.1) is 5.82 Å². The third kappa shape index (κ3) is 5.97. The number of alkyl halides is 3. The van der Waals surface area contributed by atoms with Gasteiger partial charge in [0, 0.05) is 32.7 Å². The first-order valence-corrected chi connectivity index (χ1v) is 11.4. The highest BCUT2D eigenvalue weighted by molar-refractivity contribution is 7.89. The summed E-state index contributed by atoms with van der Waals surface area (Å²) in [6, 6.07) is 8.19. The molecule has 1 saturated heterocycles. The van der Waals surface area contributed by atoms with Gasteiger partial charge in [-0.15, -0.1) is 0 Å². The van der Waals surface area contributed by atoms with E-state index >= 15 is 0 Å². The number of carbonyl (C=O) groups is 1. The molecule has 1 aliphatic rings. The van der Waals surface area contributed by atoms with Gasteiger partial charge >= 0.3 is 6.18 Å². The second-order valence-corrected chi connectivity index (χ2v) is 9.57. The highest BCUT2D eigenvalue weighted by Crippen LogP contribution is 2.36. The van der Waals surface area contributed by atoms with Crippen LogP contribution in [0.15, 0.2) is 47.4 Å². The molecular weight excluding hydrogens is 474 g/mol. The van der Waals surface area contributed by atoms with E-state index in [2.05, 4.69) is 5.32 Å². The predicted octanol–water partition coefficient (Wildman–Crippen LogP) is 3.12. The summed E-state index contributed by atoms with van der Waals surface area (Å²) in [6.45, 7) is 0.792. The van der Waals surface area contributed by atoms with Crippen molar-refractivity contribution in [1.82, 2.24) is 14.5 Å². The molecule has 0 bridgehead atoms. The molecule has 0 aromatic heterocycles. The van der Waals surface area contributed by atoms with Crippen molar-refractivity contribution in [3.05, 3.63) is 64.4 Å². The minimum atomic E-state index is -4.78. The van der Waals surface area contributed by atoms with Gasteiger partial charge in [-0.1, -0.05) is 23.7 Å². The van der Waals surface area contributed by atoms with Crippen molar-refractivity contribution in [3.8, 4) is 0 Å². The molecule has 0 atom stereocenters. The fraction of sp³-hybridized carbons (Fsp3) is 0.350. The number of sulfonamides is 1. The van der Waals surface area contributed by atoms with E-state index in [4.69, 9.17) is 11.6 Å². The molecule has 174 valence electrons. The zero-order valence-corrected chi connectivity index (χ0v) is 18.3. The van der Waals surface area contributed by atoms with Gasteiger partial charge in [0.2, 0.25) is 15.9 Å². The highest BCUT2D eigenvalue weighted by atomic mass is 35.5. The summed E-state index contributed by atoms with van der Waals surface area (Å²) < 4.78 is 78.8. The SMILES string of the molecule is O=C(CN1CCN(S(=O)(=O)c2ccc(Cl)c(C(F)(F)F)c2)CC1)NCc1ccc(F)cc1. The minimum absolute atomic E-state index is 0.0254. The number of benzene rings is 2. The van der Waals surface area contributed by atoms with Crippen molar-refractivity contribution in [1.29, 1.82) is 0 Å². The van der Waals surface area contributed by atoms with Gasteiger partial charge in [0.05, 0.1) is 22.0 Å². The maximum atomic E-state index is 13.1. The first-order chi connectivity index (χ1) is 15.0. The largest absolute Gasteiger partial charge is 0.417 e. The van der Waals surface area contributed by atoms with Gasteiger partial charge in [0.25, 0.3) is 0 Å². The molecule has 0 radical (unpaired) electrons. The average molecular weight is 494 g/mol. The standard InChI is InChI=1S/C20H20ClF4N3O3S/c21-18-6-5-16(11-17(18)20(23,24)25)32(30,31)28-9-7-27(8-10-28)13-19(29)26-12-14-1-3-15(22)4-2-14/h1-6,11H,7-10,12-13H2,(H,26,29). The summed E-state index contributed by atoms with van der Waals surface area (Å²) in [5, 5.41) is 2.13. The Balaban J connectivity index is 1.55. The molecule has 1 heterocycles. The van der Waals surface area contributed by atoms with Crippen molar-refractivity contribution < 1.29 is 30.8 Å². The summed E-state index contributed by atoms with van der Waals surface area (Å²) in [6.07, 6.45) is -4.78. The molecule has 0 aliphatic carbocycles. The molecule has 2 aromatic rings. The van der Waals surface area contributed by atoms with Gasteiger partial charge in [-0.05, 0) is 35.9 Å². The van der Waals surface area contributed by atoms with E-state index in [0.717, 1.165) is 22.0 Å². The number of nitrogens with zero attached hydrogens (tertiary/aromatic N) is 2. The van der Waals surface area contributed by atoms with Crippen LogP contribution in [-0.4, -0.2) is 56.3 Å². The minimum Gasteiger partial charge on any atom is -0.351 e. The molecule has 1 N–H and O–H groups in total. The molecule has 0 spiro atoms. The number of hydrogen-bond acceptors (Lipinski definition) is 4. The van der Waals surface area contributed by atoms with E-state index in [-0.39, 0.29) is 51.0 Å². The molecule has 1 fully saturated rings. The Hall–Kier alpha value is -2.21. The third-order valence-corrected chi connectivity index (χ3v) is 7.21. The van der Waals surface area contributed by atoms with Crippen LogP contribution in [0.25, 0.3) is 0 Å². The van der Waals surface area contributed by atoms with Crippen LogP contribution < -0.4 is 5.32 Å². The summed E-state index contributed by atoms with van der Waals surface area (Å²) in [5.41, 5.74) is -0.478. The summed E-state index contributed by atoms with van der Waals surface area (Å²) in [7, 11) is -4.15. The van der Waals surface area contributed by atoms with E-state index in [9.17, 15) is 30.8 Å². The molecule has 12 heteroatoms. The van der Waals surface area contributed by atoms with Crippen molar-refractivity contribution in [3.63, 3.8) is 0 Å². The molecule has 3 rings (SSSR count). The maximum absolute atomic E-state index is 13.1. The van der Waals surface area contributed by atoms with Gasteiger partial charge in [0.15, 0.2) is 0 Å². The van der Waals surface area contributed by atoms with Crippen LogP contribution in [0.3, 0.4) is 0 Å². The van der Waals surface area contributed by atoms with Crippen LogP contribution in [0.2, 0.25) is 5.02 Å². The van der Waals surface area contributed by atoms with Gasteiger partial charge in [-0.3, -0.25) is 9.69 Å². The Morgan fingerprint density at radius 1 is 1.03 bits per heavy atom. The topological polar surface area (TPSA) is 69.7 Å². The number of halogens is 5. The lowest BCUT2D eigenvalue weighted by molar-refractivity contribution is -0.137. The molecule has 0 saturated carbocycles. The summed E-state index contributed by atoms with van der Waals surface area (Å²) in [4.78, 5) is 13.4. The summed E-state index contributed by atoms with van der Waals surface area (Å²) >= 11 is 5.57. The molecule has 2 aromatic carbocycles. The number of piperazine rings is 1. The lowest BCUT2D eigenvalue weighted by Crippen LogP contribution is -2.51. The fourth-order valence-corrected chi connectivity index (χ4v) is 4.89. The lowest BCUT2D eigenvalue weighted by Gasteiger charge is -2.33. The van der Waals surface area contributed by atoms with Crippen LogP contribution in [0.4, 0.5) is 17.6 Å². The van der Waals surface area contributed by atoms with Crippen LogP contribution >= 0.6 is 11.6 Å². The maximum Gasteiger partial charge on any atom is 0.417 e. The average Bonchev–Trinajstić information content (AvgIpc) is 2.73. The quantitative estimate of drug-likeness (QED) is 0.628. The van der Waals surface area contributed by atoms with Crippen molar-refractivity contribution in [2.75, 3.05) is 32.7 Å². The Morgan fingerprint density at radius 2 is 1.66 bits per heavy atom. The molecule has 1 aliphatic heterocycles. The Kier molecular flexibility index (Phi) is 7.43. The van der Waals surface area contributed by atoms with Gasteiger partial charge < -0.3 is 5.32 Å². The van der Waals surface area contributed by atoms with Crippen LogP contribution in [0.5, 0.6) is 0 Å². The summed E-state index contributed by atoms with van der Waals surface area (Å²) in [5.74, 6) is -0.653. The normalized spacial score (nSPS) is 16.2. The van der Waals surface area contributed by atoms with Gasteiger partial charge in [0.1, 0.15) is 5.82 Å². The van der Waals surface area contributed by atoms with Crippen LogP contribution in [-0.2, 0) is 27.5 Å².